The summed E-state index contributed by atoms with van der Waals surface area (Å²) in [6, 6.07) is 7.79. The van der Waals surface area contributed by atoms with Gasteiger partial charge in [-0.1, -0.05) is 26.0 Å². The Labute approximate surface area is 224 Å². The number of amides is 3. The van der Waals surface area contributed by atoms with E-state index in [9.17, 15) is 14.4 Å². The first-order valence-electron chi connectivity index (χ1n) is 13.7. The number of rotatable bonds is 4. The molecule has 2 aromatic rings. The molecular weight excluding hydrogens is 480 g/mol. The number of hydrogen-bond acceptors (Lipinski definition) is 6. The molecule has 2 fully saturated rings. The summed E-state index contributed by atoms with van der Waals surface area (Å²) in [6.07, 6.45) is 5.82. The van der Waals surface area contributed by atoms with E-state index in [0.29, 0.717) is 31.0 Å². The largest absolute Gasteiger partial charge is 0.383 e. The molecule has 1 aromatic heterocycles. The van der Waals surface area contributed by atoms with E-state index in [0.717, 1.165) is 61.0 Å². The Morgan fingerprint density at radius 3 is 2.63 bits per heavy atom. The van der Waals surface area contributed by atoms with E-state index in [4.69, 9.17) is 5.73 Å². The highest BCUT2D eigenvalue weighted by molar-refractivity contribution is 6.39. The fourth-order valence-corrected chi connectivity index (χ4v) is 6.06. The Morgan fingerprint density at radius 1 is 1.13 bits per heavy atom. The molecule has 3 amide bonds. The predicted octanol–water partition coefficient (Wildman–Crippen LogP) is 3.21. The van der Waals surface area contributed by atoms with Crippen molar-refractivity contribution in [1.29, 1.82) is 0 Å². The fourth-order valence-electron chi connectivity index (χ4n) is 6.06. The predicted molar refractivity (Wildman–Crippen MR) is 146 cm³/mol. The van der Waals surface area contributed by atoms with Crippen molar-refractivity contribution >= 4 is 29.2 Å². The maximum atomic E-state index is 13.4. The van der Waals surface area contributed by atoms with Crippen LogP contribution >= 0.6 is 0 Å². The number of nitrogen functional groups attached to an aromatic ring is 1. The third-order valence-electron chi connectivity index (χ3n) is 8.39. The number of aromatic nitrogens is 1. The van der Waals surface area contributed by atoms with Crippen LogP contribution in [-0.2, 0) is 22.6 Å². The van der Waals surface area contributed by atoms with Gasteiger partial charge in [-0.2, -0.15) is 0 Å². The van der Waals surface area contributed by atoms with Gasteiger partial charge in [-0.05, 0) is 87.0 Å². The SMILES string of the molecule is CCc1cc(NC(=O)C(=O)N2C[C@@H](C)CC[C@@H]2c2ccc3c(c2)C(=O)N(C2CCN(C)CC2)C3)cnc1N. The number of nitrogens with one attached hydrogen (secondary N) is 1. The van der Waals surface area contributed by atoms with Crippen molar-refractivity contribution in [2.75, 3.05) is 37.7 Å². The van der Waals surface area contributed by atoms with Crippen LogP contribution < -0.4 is 11.1 Å². The van der Waals surface area contributed by atoms with Crippen LogP contribution in [0.1, 0.15) is 72.6 Å². The zero-order chi connectivity index (χ0) is 27.0. The number of anilines is 2. The highest BCUT2D eigenvalue weighted by Gasteiger charge is 2.37. The van der Waals surface area contributed by atoms with Crippen LogP contribution in [0, 0.1) is 5.92 Å². The second kappa shape index (κ2) is 10.7. The van der Waals surface area contributed by atoms with Gasteiger partial charge in [0.25, 0.3) is 5.91 Å². The van der Waals surface area contributed by atoms with Crippen LogP contribution in [0.2, 0.25) is 0 Å². The summed E-state index contributed by atoms with van der Waals surface area (Å²) in [5.41, 5.74) is 9.84. The van der Waals surface area contributed by atoms with Crippen molar-refractivity contribution < 1.29 is 14.4 Å². The van der Waals surface area contributed by atoms with Crippen LogP contribution in [0.5, 0.6) is 0 Å². The van der Waals surface area contributed by atoms with E-state index < -0.39 is 11.8 Å². The quantitative estimate of drug-likeness (QED) is 0.601. The molecule has 0 radical (unpaired) electrons. The first-order chi connectivity index (χ1) is 18.2. The smallest absolute Gasteiger partial charge is 0.313 e. The number of hydrogen-bond donors (Lipinski definition) is 2. The molecule has 0 unspecified atom stereocenters. The average Bonchev–Trinajstić information content (AvgIpc) is 3.25. The minimum Gasteiger partial charge on any atom is -0.383 e. The second-order valence-corrected chi connectivity index (χ2v) is 11.1. The highest BCUT2D eigenvalue weighted by Crippen LogP contribution is 2.37. The molecule has 3 aliphatic heterocycles. The molecular formula is C29H38N6O3. The minimum atomic E-state index is -0.691. The highest BCUT2D eigenvalue weighted by atomic mass is 16.2. The van der Waals surface area contributed by atoms with E-state index in [-0.39, 0.29) is 23.9 Å². The number of fused-ring (bicyclic) bond motifs is 1. The van der Waals surface area contributed by atoms with Crippen LogP contribution in [-0.4, -0.2) is 70.1 Å². The Bertz CT molecular complexity index is 1240. The van der Waals surface area contributed by atoms with Gasteiger partial charge < -0.3 is 25.8 Å². The number of benzene rings is 1. The fraction of sp³-hybridized carbons (Fsp3) is 0.517. The number of pyridine rings is 1. The molecule has 202 valence electrons. The van der Waals surface area contributed by atoms with Gasteiger partial charge in [-0.25, -0.2) is 4.98 Å². The van der Waals surface area contributed by atoms with Crippen molar-refractivity contribution in [3.8, 4) is 0 Å². The number of aryl methyl sites for hydroxylation is 1. The Morgan fingerprint density at radius 2 is 1.89 bits per heavy atom. The van der Waals surface area contributed by atoms with Crippen molar-refractivity contribution in [1.82, 2.24) is 19.7 Å². The third-order valence-corrected chi connectivity index (χ3v) is 8.39. The summed E-state index contributed by atoms with van der Waals surface area (Å²) in [4.78, 5) is 50.0. The maximum Gasteiger partial charge on any atom is 0.313 e. The lowest BCUT2D eigenvalue weighted by molar-refractivity contribution is -0.146. The normalized spacial score (nSPS) is 22.4. The number of carbonyl (C=O) groups excluding carboxylic acids is 3. The molecule has 4 heterocycles. The molecule has 0 saturated carbocycles. The molecule has 38 heavy (non-hydrogen) atoms. The van der Waals surface area contributed by atoms with Crippen molar-refractivity contribution in [2.24, 2.45) is 5.92 Å². The topological polar surface area (TPSA) is 112 Å². The molecule has 5 rings (SSSR count). The number of piperidine rings is 2. The lowest BCUT2D eigenvalue weighted by atomic mass is 9.88. The standard InChI is InChI=1S/C29H38N6O3/c1-4-19-13-22(15-31-26(19)30)32-27(36)29(38)35-16-18(2)5-8-25(35)20-6-7-21-17-34(28(37)24(21)14-20)23-9-11-33(3)12-10-23/h6-7,13-15,18,23,25H,4-5,8-12,16-17H2,1-3H3,(H2,30,31)(H,32,36)/t18-,25+/m0/s1. The molecule has 3 N–H and O–H groups in total. The first kappa shape index (κ1) is 26.2. The van der Waals surface area contributed by atoms with Crippen molar-refractivity contribution in [3.05, 3.63) is 52.7 Å². The summed E-state index contributed by atoms with van der Waals surface area (Å²) in [7, 11) is 2.12. The third kappa shape index (κ3) is 5.12. The first-order valence-corrected chi connectivity index (χ1v) is 13.7. The second-order valence-electron chi connectivity index (χ2n) is 11.1. The van der Waals surface area contributed by atoms with Crippen LogP contribution in [0.25, 0.3) is 0 Å². The zero-order valence-corrected chi connectivity index (χ0v) is 22.6. The molecule has 1 aromatic carbocycles. The van der Waals surface area contributed by atoms with Gasteiger partial charge >= 0.3 is 11.8 Å². The monoisotopic (exact) mass is 518 g/mol. The Balaban J connectivity index is 1.34. The average molecular weight is 519 g/mol. The lowest BCUT2D eigenvalue weighted by Gasteiger charge is -2.38. The van der Waals surface area contributed by atoms with Gasteiger partial charge in [0, 0.05) is 24.7 Å². The van der Waals surface area contributed by atoms with Gasteiger partial charge in [-0.3, -0.25) is 14.4 Å². The molecule has 2 saturated heterocycles. The van der Waals surface area contributed by atoms with Gasteiger partial charge in [0.15, 0.2) is 0 Å². The van der Waals surface area contributed by atoms with Crippen LogP contribution in [0.3, 0.4) is 0 Å². The maximum absolute atomic E-state index is 13.4. The number of nitrogens with two attached hydrogens (primary N) is 1. The van der Waals surface area contributed by atoms with Gasteiger partial charge in [0.1, 0.15) is 5.82 Å². The zero-order valence-electron chi connectivity index (χ0n) is 22.6. The molecule has 9 heteroatoms. The summed E-state index contributed by atoms with van der Waals surface area (Å²) < 4.78 is 0. The summed E-state index contributed by atoms with van der Waals surface area (Å²) >= 11 is 0. The van der Waals surface area contributed by atoms with E-state index in [1.807, 2.05) is 30.0 Å². The molecule has 0 spiro atoms. The van der Waals surface area contributed by atoms with E-state index in [2.05, 4.69) is 29.2 Å². The van der Waals surface area contributed by atoms with Crippen LogP contribution in [0.15, 0.2) is 30.5 Å². The number of carbonyl (C=O) groups is 3. The molecule has 3 aliphatic rings. The lowest BCUT2D eigenvalue weighted by Crippen LogP contribution is -2.46. The summed E-state index contributed by atoms with van der Waals surface area (Å²) in [6.45, 7) is 7.19. The Hall–Kier alpha value is -3.46. The van der Waals surface area contributed by atoms with Crippen molar-refractivity contribution in [2.45, 2.75) is 64.6 Å². The van der Waals surface area contributed by atoms with Gasteiger partial charge in [-0.15, -0.1) is 0 Å². The molecule has 9 nitrogen and oxygen atoms in total. The Kier molecular flexibility index (Phi) is 7.38. The number of nitrogens with zero attached hydrogens (tertiary/aromatic N) is 4. The van der Waals surface area contributed by atoms with E-state index >= 15 is 0 Å². The van der Waals surface area contributed by atoms with E-state index in [1.165, 1.54) is 6.20 Å². The van der Waals surface area contributed by atoms with Crippen molar-refractivity contribution in [3.63, 3.8) is 0 Å². The molecule has 0 bridgehead atoms. The summed E-state index contributed by atoms with van der Waals surface area (Å²) in [5.74, 6) is -0.482. The minimum absolute atomic E-state index is 0.0822. The number of likely N-dealkylation sites (tertiary alicyclic amines) is 2. The van der Waals surface area contributed by atoms with Crippen LogP contribution in [0.4, 0.5) is 11.5 Å². The van der Waals surface area contributed by atoms with Gasteiger partial charge in [0.05, 0.1) is 17.9 Å². The summed E-state index contributed by atoms with van der Waals surface area (Å²) in [5, 5.41) is 2.71. The molecule has 0 aliphatic carbocycles. The van der Waals surface area contributed by atoms with Gasteiger partial charge in [0.2, 0.25) is 0 Å². The van der Waals surface area contributed by atoms with E-state index in [1.54, 1.807) is 11.0 Å². The molecule has 2 atom stereocenters.